The molecular weight excluding hydrogens is 428 g/mol. The number of aliphatic imine (C=N–C) groups is 1. The summed E-state index contributed by atoms with van der Waals surface area (Å²) in [7, 11) is 0. The maximum atomic E-state index is 13.4. The van der Waals surface area contributed by atoms with E-state index in [1.165, 1.54) is 62.8 Å². The van der Waals surface area contributed by atoms with Crippen LogP contribution in [-0.2, 0) is 0 Å². The lowest BCUT2D eigenvalue weighted by Crippen LogP contribution is -2.39. The Hall–Kier alpha value is -2.14. The molecule has 1 aliphatic rings. The first-order chi connectivity index (χ1) is 15.2. The first kappa shape index (κ1) is 26.1. The number of guanidine groups is 1. The van der Waals surface area contributed by atoms with Gasteiger partial charge in [-0.05, 0) is 54.7 Å². The first-order valence-corrected chi connectivity index (χ1v) is 11.8. The topological polar surface area (TPSA) is 36.4 Å². The molecule has 2 aromatic carbocycles. The van der Waals surface area contributed by atoms with Crippen molar-refractivity contribution in [1.29, 1.82) is 0 Å². The molecule has 2 N–H and O–H groups in total. The average Bonchev–Trinajstić information content (AvgIpc) is 2.80. The first-order valence-electron chi connectivity index (χ1n) is 11.8. The number of nitrogens with one attached hydrogen (secondary N) is 2. The van der Waals surface area contributed by atoms with Crippen molar-refractivity contribution in [1.82, 2.24) is 10.6 Å². The lowest BCUT2D eigenvalue weighted by Gasteiger charge is -2.20. The predicted octanol–water partition coefficient (Wildman–Crippen LogP) is 6.58. The second kappa shape index (κ2) is 14.8. The van der Waals surface area contributed by atoms with Gasteiger partial charge in [-0.1, -0.05) is 62.8 Å². The van der Waals surface area contributed by atoms with Gasteiger partial charge < -0.3 is 10.6 Å². The monoisotopic (exact) mass is 463 g/mol. The zero-order valence-corrected chi connectivity index (χ0v) is 19.6. The second-order valence-electron chi connectivity index (χ2n) is 8.36. The van der Waals surface area contributed by atoms with E-state index in [0.717, 1.165) is 56.0 Å². The molecule has 0 atom stereocenters. The third-order valence-electron chi connectivity index (χ3n) is 5.92. The summed E-state index contributed by atoms with van der Waals surface area (Å²) >= 11 is 0. The quantitative estimate of drug-likeness (QED) is 0.525. The number of nitrogens with zero attached hydrogens (tertiary/aromatic N) is 1. The summed E-state index contributed by atoms with van der Waals surface area (Å²) in [5, 5.41) is 6.94. The van der Waals surface area contributed by atoms with Crippen molar-refractivity contribution in [3.8, 4) is 0 Å². The SMILES string of the molecule is Cl.Fc1ccc(C(CCNC2=NCCCCCCCCCCN2)c2ccc(F)cc2)cc1. The molecule has 176 valence electrons. The van der Waals surface area contributed by atoms with Gasteiger partial charge in [0.2, 0.25) is 0 Å². The number of benzene rings is 2. The van der Waals surface area contributed by atoms with E-state index in [2.05, 4.69) is 10.6 Å². The molecule has 0 saturated carbocycles. The molecule has 2 aromatic rings. The largest absolute Gasteiger partial charge is 0.356 e. The van der Waals surface area contributed by atoms with Gasteiger partial charge in [-0.25, -0.2) is 8.78 Å². The van der Waals surface area contributed by atoms with E-state index in [4.69, 9.17) is 4.99 Å². The second-order valence-corrected chi connectivity index (χ2v) is 8.36. The summed E-state index contributed by atoms with van der Waals surface area (Å²) in [4.78, 5) is 4.75. The molecule has 3 nitrogen and oxygen atoms in total. The molecule has 6 heteroatoms. The maximum Gasteiger partial charge on any atom is 0.191 e. The van der Waals surface area contributed by atoms with Crippen molar-refractivity contribution < 1.29 is 8.78 Å². The maximum absolute atomic E-state index is 13.4. The van der Waals surface area contributed by atoms with Crippen LogP contribution in [0.1, 0.15) is 74.8 Å². The highest BCUT2D eigenvalue weighted by atomic mass is 35.5. The molecule has 32 heavy (non-hydrogen) atoms. The standard InChI is InChI=1S/C26H35F2N3.ClH/c27-23-13-9-21(10-14-23)25(22-11-15-24(28)16-12-22)17-20-31-26-29-18-7-5-3-1-2-4-6-8-19-30-26;/h9-16,25H,1-8,17-20H2,(H2,29,30,31);1H. The number of halogens is 3. The third-order valence-corrected chi connectivity index (χ3v) is 5.92. The van der Waals surface area contributed by atoms with Crippen LogP contribution >= 0.6 is 12.4 Å². The summed E-state index contributed by atoms with van der Waals surface area (Å²) in [6.45, 7) is 2.51. The van der Waals surface area contributed by atoms with E-state index in [-0.39, 0.29) is 30.0 Å². The molecule has 0 unspecified atom stereocenters. The van der Waals surface area contributed by atoms with Crippen LogP contribution in [0.4, 0.5) is 8.78 Å². The van der Waals surface area contributed by atoms with Crippen molar-refractivity contribution in [3.63, 3.8) is 0 Å². The molecule has 0 radical (unpaired) electrons. The highest BCUT2D eigenvalue weighted by molar-refractivity contribution is 5.85. The van der Waals surface area contributed by atoms with Crippen molar-refractivity contribution in [2.45, 2.75) is 63.7 Å². The van der Waals surface area contributed by atoms with Gasteiger partial charge in [0.25, 0.3) is 0 Å². The Bertz CT molecular complexity index is 748. The summed E-state index contributed by atoms with van der Waals surface area (Å²) in [6.07, 6.45) is 10.9. The van der Waals surface area contributed by atoms with Gasteiger partial charge in [0.1, 0.15) is 11.6 Å². The normalized spacial score (nSPS) is 15.9. The average molecular weight is 464 g/mol. The van der Waals surface area contributed by atoms with Crippen LogP contribution in [0.2, 0.25) is 0 Å². The molecule has 0 saturated heterocycles. The fourth-order valence-corrected chi connectivity index (χ4v) is 4.12. The number of hydrogen-bond donors (Lipinski definition) is 2. The van der Waals surface area contributed by atoms with E-state index >= 15 is 0 Å². The van der Waals surface area contributed by atoms with Crippen LogP contribution in [-0.4, -0.2) is 25.6 Å². The fourth-order valence-electron chi connectivity index (χ4n) is 4.12. The number of rotatable bonds is 5. The van der Waals surface area contributed by atoms with Gasteiger partial charge >= 0.3 is 0 Å². The van der Waals surface area contributed by atoms with Crippen LogP contribution in [0.25, 0.3) is 0 Å². The van der Waals surface area contributed by atoms with E-state index in [9.17, 15) is 8.78 Å². The zero-order valence-electron chi connectivity index (χ0n) is 18.8. The Morgan fingerprint density at radius 2 is 1.25 bits per heavy atom. The molecule has 1 heterocycles. The lowest BCUT2D eigenvalue weighted by molar-refractivity contribution is 0.571. The van der Waals surface area contributed by atoms with E-state index in [1.54, 1.807) is 0 Å². The minimum atomic E-state index is -0.248. The van der Waals surface area contributed by atoms with Crippen LogP contribution in [0.5, 0.6) is 0 Å². The Morgan fingerprint density at radius 3 is 1.81 bits per heavy atom. The third kappa shape index (κ3) is 9.15. The van der Waals surface area contributed by atoms with E-state index in [0.29, 0.717) is 0 Å². The van der Waals surface area contributed by atoms with Crippen LogP contribution in [0.3, 0.4) is 0 Å². The van der Waals surface area contributed by atoms with Crippen LogP contribution in [0, 0.1) is 11.6 Å². The van der Waals surface area contributed by atoms with Gasteiger partial charge in [0.15, 0.2) is 5.96 Å². The van der Waals surface area contributed by atoms with Crippen LogP contribution < -0.4 is 10.6 Å². The Labute approximate surface area is 197 Å². The van der Waals surface area contributed by atoms with Gasteiger partial charge in [0, 0.05) is 25.6 Å². The number of hydrogen-bond acceptors (Lipinski definition) is 3. The Kier molecular flexibility index (Phi) is 12.1. The highest BCUT2D eigenvalue weighted by Crippen LogP contribution is 2.28. The Morgan fingerprint density at radius 1 is 0.750 bits per heavy atom. The molecular formula is C26H36ClF2N3. The zero-order chi connectivity index (χ0) is 21.7. The predicted molar refractivity (Wildman–Crippen MR) is 132 cm³/mol. The van der Waals surface area contributed by atoms with Gasteiger partial charge in [-0.3, -0.25) is 4.99 Å². The van der Waals surface area contributed by atoms with Crippen molar-refractivity contribution in [3.05, 3.63) is 71.3 Å². The van der Waals surface area contributed by atoms with Crippen LogP contribution in [0.15, 0.2) is 53.5 Å². The molecule has 0 aromatic heterocycles. The fraction of sp³-hybridized carbons (Fsp3) is 0.500. The molecule has 3 rings (SSSR count). The summed E-state index contributed by atoms with van der Waals surface area (Å²) in [6, 6.07) is 13.2. The molecule has 0 amide bonds. The van der Waals surface area contributed by atoms with E-state index in [1.807, 2.05) is 24.3 Å². The smallest absolute Gasteiger partial charge is 0.191 e. The molecule has 0 fully saturated rings. The summed E-state index contributed by atoms with van der Waals surface area (Å²) < 4.78 is 26.9. The highest BCUT2D eigenvalue weighted by Gasteiger charge is 2.15. The van der Waals surface area contributed by atoms with Crippen molar-refractivity contribution in [2.24, 2.45) is 4.99 Å². The Balaban J connectivity index is 0.00000363. The lowest BCUT2D eigenvalue weighted by atomic mass is 9.88. The van der Waals surface area contributed by atoms with Gasteiger partial charge in [0.05, 0.1) is 0 Å². The summed E-state index contributed by atoms with van der Waals surface area (Å²) in [5.74, 6) is 0.435. The molecule has 0 bridgehead atoms. The van der Waals surface area contributed by atoms with E-state index < -0.39 is 0 Å². The van der Waals surface area contributed by atoms with Crippen molar-refractivity contribution in [2.75, 3.05) is 19.6 Å². The van der Waals surface area contributed by atoms with Gasteiger partial charge in [-0.15, -0.1) is 12.4 Å². The van der Waals surface area contributed by atoms with Crippen molar-refractivity contribution >= 4 is 18.4 Å². The minimum Gasteiger partial charge on any atom is -0.356 e. The molecule has 0 spiro atoms. The molecule has 1 aliphatic heterocycles. The summed E-state index contributed by atoms with van der Waals surface area (Å²) in [5.41, 5.74) is 2.05. The van der Waals surface area contributed by atoms with Gasteiger partial charge in [-0.2, -0.15) is 0 Å². The molecule has 0 aliphatic carbocycles. The minimum absolute atomic E-state index is 0.